The van der Waals surface area contributed by atoms with E-state index < -0.39 is 0 Å². The Hall–Kier alpha value is -2.47. The van der Waals surface area contributed by atoms with Crippen molar-refractivity contribution in [2.24, 2.45) is 0 Å². The lowest BCUT2D eigenvalue weighted by Crippen LogP contribution is -2.21. The third kappa shape index (κ3) is 4.29. The lowest BCUT2D eigenvalue weighted by atomic mass is 10.1. The highest BCUT2D eigenvalue weighted by Crippen LogP contribution is 2.13. The Morgan fingerprint density at radius 2 is 2.12 bits per heavy atom. The highest BCUT2D eigenvalue weighted by molar-refractivity contribution is 6.02. The SMILES string of the molecule is CCc1ccc(NC(=O)c2ccnc(NCC3CCCO3)n2)cc1. The second-order valence-corrected chi connectivity index (χ2v) is 5.79. The van der Waals surface area contributed by atoms with Crippen molar-refractivity contribution < 1.29 is 9.53 Å². The van der Waals surface area contributed by atoms with Crippen LogP contribution in [0, 0.1) is 0 Å². The first-order valence-electron chi connectivity index (χ1n) is 8.33. The van der Waals surface area contributed by atoms with E-state index in [0.717, 1.165) is 31.6 Å². The Bertz CT molecular complexity index is 682. The summed E-state index contributed by atoms with van der Waals surface area (Å²) >= 11 is 0. The zero-order valence-corrected chi connectivity index (χ0v) is 13.8. The number of anilines is 2. The maximum atomic E-state index is 12.3. The highest BCUT2D eigenvalue weighted by Gasteiger charge is 2.16. The molecule has 0 spiro atoms. The first-order valence-corrected chi connectivity index (χ1v) is 8.33. The Morgan fingerprint density at radius 3 is 2.83 bits per heavy atom. The fourth-order valence-electron chi connectivity index (χ4n) is 2.60. The molecule has 2 heterocycles. The van der Waals surface area contributed by atoms with Gasteiger partial charge in [0.25, 0.3) is 5.91 Å². The minimum atomic E-state index is -0.248. The van der Waals surface area contributed by atoms with Crippen LogP contribution in [0.15, 0.2) is 36.5 Å². The van der Waals surface area contributed by atoms with Crippen LogP contribution < -0.4 is 10.6 Å². The average Bonchev–Trinajstić information content (AvgIpc) is 3.14. The molecule has 6 heteroatoms. The third-order valence-corrected chi connectivity index (χ3v) is 4.02. The quantitative estimate of drug-likeness (QED) is 0.853. The Labute approximate surface area is 141 Å². The predicted molar refractivity (Wildman–Crippen MR) is 93.3 cm³/mol. The molecule has 24 heavy (non-hydrogen) atoms. The molecule has 1 unspecified atom stereocenters. The van der Waals surface area contributed by atoms with Gasteiger partial charge in [0.1, 0.15) is 5.69 Å². The van der Waals surface area contributed by atoms with E-state index in [1.54, 1.807) is 12.3 Å². The normalized spacial score (nSPS) is 16.8. The minimum Gasteiger partial charge on any atom is -0.376 e. The van der Waals surface area contributed by atoms with E-state index in [1.165, 1.54) is 5.56 Å². The van der Waals surface area contributed by atoms with Crippen molar-refractivity contribution in [3.63, 3.8) is 0 Å². The van der Waals surface area contributed by atoms with Crippen molar-refractivity contribution in [2.45, 2.75) is 32.3 Å². The molecule has 126 valence electrons. The van der Waals surface area contributed by atoms with Gasteiger partial charge < -0.3 is 15.4 Å². The third-order valence-electron chi connectivity index (χ3n) is 4.02. The molecule has 0 bridgehead atoms. The number of benzene rings is 1. The van der Waals surface area contributed by atoms with E-state index in [-0.39, 0.29) is 12.0 Å². The molecular formula is C18H22N4O2. The van der Waals surface area contributed by atoms with Gasteiger partial charge in [0.05, 0.1) is 6.10 Å². The van der Waals surface area contributed by atoms with Gasteiger partial charge in [-0.15, -0.1) is 0 Å². The van der Waals surface area contributed by atoms with E-state index in [0.29, 0.717) is 18.2 Å². The molecule has 1 amide bonds. The summed E-state index contributed by atoms with van der Waals surface area (Å²) in [6.07, 6.45) is 4.89. The van der Waals surface area contributed by atoms with Crippen LogP contribution in [0.2, 0.25) is 0 Å². The highest BCUT2D eigenvalue weighted by atomic mass is 16.5. The van der Waals surface area contributed by atoms with Crippen LogP contribution in [-0.4, -0.2) is 35.1 Å². The molecular weight excluding hydrogens is 304 g/mol. The van der Waals surface area contributed by atoms with Gasteiger partial charge in [-0.05, 0) is 43.0 Å². The van der Waals surface area contributed by atoms with Gasteiger partial charge in [-0.2, -0.15) is 0 Å². The van der Waals surface area contributed by atoms with Gasteiger partial charge in [-0.1, -0.05) is 19.1 Å². The summed E-state index contributed by atoms with van der Waals surface area (Å²) in [5.41, 5.74) is 2.32. The van der Waals surface area contributed by atoms with Crippen LogP contribution in [-0.2, 0) is 11.2 Å². The molecule has 1 aromatic carbocycles. The van der Waals surface area contributed by atoms with Crippen molar-refractivity contribution in [3.05, 3.63) is 47.8 Å². The number of hydrogen-bond donors (Lipinski definition) is 2. The number of aryl methyl sites for hydroxylation is 1. The van der Waals surface area contributed by atoms with E-state index in [1.807, 2.05) is 24.3 Å². The average molecular weight is 326 g/mol. The molecule has 2 aromatic rings. The number of carbonyl (C=O) groups is 1. The lowest BCUT2D eigenvalue weighted by Gasteiger charge is -2.11. The monoisotopic (exact) mass is 326 g/mol. The minimum absolute atomic E-state index is 0.197. The first kappa shape index (κ1) is 16.4. The molecule has 0 aliphatic carbocycles. The van der Waals surface area contributed by atoms with Crippen molar-refractivity contribution in [1.29, 1.82) is 0 Å². The number of nitrogens with zero attached hydrogens (tertiary/aromatic N) is 2. The topological polar surface area (TPSA) is 76.1 Å². The number of aromatic nitrogens is 2. The summed E-state index contributed by atoms with van der Waals surface area (Å²) in [6.45, 7) is 3.57. The molecule has 1 aliphatic heterocycles. The van der Waals surface area contributed by atoms with E-state index in [9.17, 15) is 4.79 Å². The molecule has 0 saturated carbocycles. The van der Waals surface area contributed by atoms with Crippen LogP contribution >= 0.6 is 0 Å². The van der Waals surface area contributed by atoms with E-state index in [2.05, 4.69) is 27.5 Å². The van der Waals surface area contributed by atoms with Crippen LogP contribution in [0.25, 0.3) is 0 Å². The fourth-order valence-corrected chi connectivity index (χ4v) is 2.60. The van der Waals surface area contributed by atoms with Crippen LogP contribution in [0.5, 0.6) is 0 Å². The van der Waals surface area contributed by atoms with Crippen LogP contribution in [0.3, 0.4) is 0 Å². The van der Waals surface area contributed by atoms with E-state index >= 15 is 0 Å². The molecule has 1 atom stereocenters. The van der Waals surface area contributed by atoms with Gasteiger partial charge in [0.15, 0.2) is 0 Å². The molecule has 1 aliphatic rings. The van der Waals surface area contributed by atoms with Crippen molar-refractivity contribution in [2.75, 3.05) is 23.8 Å². The number of carbonyl (C=O) groups excluding carboxylic acids is 1. The van der Waals surface area contributed by atoms with Gasteiger partial charge in [-0.25, -0.2) is 9.97 Å². The maximum absolute atomic E-state index is 12.3. The lowest BCUT2D eigenvalue weighted by molar-refractivity contribution is 0.102. The zero-order valence-electron chi connectivity index (χ0n) is 13.8. The smallest absolute Gasteiger partial charge is 0.274 e. The number of hydrogen-bond acceptors (Lipinski definition) is 5. The molecule has 3 rings (SSSR count). The molecule has 2 N–H and O–H groups in total. The Balaban J connectivity index is 1.60. The van der Waals surface area contributed by atoms with Gasteiger partial charge in [0.2, 0.25) is 5.95 Å². The largest absolute Gasteiger partial charge is 0.376 e. The van der Waals surface area contributed by atoms with Crippen LogP contribution in [0.1, 0.15) is 35.8 Å². The number of ether oxygens (including phenoxy) is 1. The number of rotatable bonds is 6. The standard InChI is InChI=1S/C18H22N4O2/c1-2-13-5-7-14(8-6-13)21-17(23)16-9-10-19-18(22-16)20-12-15-4-3-11-24-15/h5-10,15H,2-4,11-12H2,1H3,(H,21,23)(H,19,20,22). The summed E-state index contributed by atoms with van der Waals surface area (Å²) in [4.78, 5) is 20.8. The molecule has 6 nitrogen and oxygen atoms in total. The summed E-state index contributed by atoms with van der Waals surface area (Å²) in [5.74, 6) is 0.196. The summed E-state index contributed by atoms with van der Waals surface area (Å²) in [6, 6.07) is 9.41. The maximum Gasteiger partial charge on any atom is 0.274 e. The Kier molecular flexibility index (Phi) is 5.38. The molecule has 1 aromatic heterocycles. The molecule has 0 radical (unpaired) electrons. The zero-order chi connectivity index (χ0) is 16.8. The van der Waals surface area contributed by atoms with Crippen molar-refractivity contribution in [1.82, 2.24) is 9.97 Å². The Morgan fingerprint density at radius 1 is 1.29 bits per heavy atom. The number of nitrogens with one attached hydrogen (secondary N) is 2. The van der Waals surface area contributed by atoms with Gasteiger partial charge in [-0.3, -0.25) is 4.79 Å². The predicted octanol–water partition coefficient (Wildman–Crippen LogP) is 2.88. The summed E-state index contributed by atoms with van der Waals surface area (Å²) in [5, 5.41) is 5.99. The van der Waals surface area contributed by atoms with Crippen molar-refractivity contribution >= 4 is 17.5 Å². The van der Waals surface area contributed by atoms with Crippen LogP contribution in [0.4, 0.5) is 11.6 Å². The van der Waals surface area contributed by atoms with E-state index in [4.69, 9.17) is 4.74 Å². The first-order chi connectivity index (χ1) is 11.7. The second kappa shape index (κ2) is 7.88. The summed E-state index contributed by atoms with van der Waals surface area (Å²) in [7, 11) is 0. The second-order valence-electron chi connectivity index (χ2n) is 5.79. The summed E-state index contributed by atoms with van der Waals surface area (Å²) < 4.78 is 5.55. The van der Waals surface area contributed by atoms with Gasteiger partial charge >= 0.3 is 0 Å². The molecule has 1 saturated heterocycles. The molecule has 1 fully saturated rings. The van der Waals surface area contributed by atoms with Gasteiger partial charge in [0, 0.05) is 25.0 Å². The number of amides is 1. The fraction of sp³-hybridized carbons (Fsp3) is 0.389. The van der Waals surface area contributed by atoms with Crippen molar-refractivity contribution in [3.8, 4) is 0 Å².